The van der Waals surface area contributed by atoms with Gasteiger partial charge in [0.2, 0.25) is 6.54 Å². The fourth-order valence-electron chi connectivity index (χ4n) is 0.212. The molecule has 0 aromatic carbocycles. The molecule has 1 atom stereocenters. The molecule has 0 aliphatic heterocycles. The number of hydrogen-bond acceptors (Lipinski definition) is 1. The summed E-state index contributed by atoms with van der Waals surface area (Å²) in [5.41, 5.74) is 0. The molecule has 1 unspecified atom stereocenters. The molecule has 0 aromatic rings. The molecular weight excluding hydrogens is 144 g/mol. The van der Waals surface area contributed by atoms with Gasteiger partial charge in [0.1, 0.15) is 14.1 Å². The maximum atomic E-state index is 6.36. The maximum Gasteiger partial charge on any atom is 0.238 e. The average molecular weight is 152 g/mol. The molecular formula is C4H7ClNOP. The van der Waals surface area contributed by atoms with Crippen molar-refractivity contribution in [3.63, 3.8) is 0 Å². The van der Waals surface area contributed by atoms with Crippen molar-refractivity contribution in [1.82, 2.24) is 0 Å². The van der Waals surface area contributed by atoms with E-state index in [9.17, 15) is 0 Å². The summed E-state index contributed by atoms with van der Waals surface area (Å²) in [5.74, 6) is 0. The molecule has 0 bridgehead atoms. The Hall–Kier alpha value is 0.170. The van der Waals surface area contributed by atoms with Crippen molar-refractivity contribution in [3.05, 3.63) is 11.4 Å². The lowest BCUT2D eigenvalue weighted by Crippen LogP contribution is -1.87. The molecule has 0 saturated carbocycles. The maximum absolute atomic E-state index is 6.36. The van der Waals surface area contributed by atoms with Crippen LogP contribution in [0.3, 0.4) is 0 Å². The van der Waals surface area contributed by atoms with Crippen LogP contribution in [0.5, 0.6) is 0 Å². The van der Waals surface area contributed by atoms with E-state index >= 15 is 0 Å². The standard InChI is InChI=1S/C4H7ClNOP/c1-6-3-4-7-8(2)5/h3-4H2,2H3. The van der Waals surface area contributed by atoms with E-state index in [0.29, 0.717) is 13.2 Å². The van der Waals surface area contributed by atoms with E-state index in [1.165, 1.54) is 0 Å². The van der Waals surface area contributed by atoms with E-state index in [1.54, 1.807) is 6.66 Å². The first-order valence-corrected chi connectivity index (χ1v) is 4.74. The third kappa shape index (κ3) is 6.17. The van der Waals surface area contributed by atoms with Crippen LogP contribution in [0, 0.1) is 6.57 Å². The highest BCUT2D eigenvalue weighted by molar-refractivity contribution is 7.79. The molecule has 0 aliphatic carbocycles. The molecule has 4 heteroatoms. The summed E-state index contributed by atoms with van der Waals surface area (Å²) >= 11 is 5.45. The summed E-state index contributed by atoms with van der Waals surface area (Å²) in [7, 11) is -0.783. The van der Waals surface area contributed by atoms with E-state index in [2.05, 4.69) is 4.85 Å². The SMILES string of the molecule is [C-]#[N+]CCOP(C)Cl. The van der Waals surface area contributed by atoms with Crippen molar-refractivity contribution in [3.8, 4) is 0 Å². The van der Waals surface area contributed by atoms with Crippen molar-refractivity contribution in [2.75, 3.05) is 19.8 Å². The monoisotopic (exact) mass is 151 g/mol. The number of nitrogens with zero attached hydrogens (tertiary/aromatic N) is 1. The van der Waals surface area contributed by atoms with Gasteiger partial charge in [0, 0.05) is 0 Å². The van der Waals surface area contributed by atoms with Crippen molar-refractivity contribution in [1.29, 1.82) is 0 Å². The number of rotatable bonds is 3. The van der Waals surface area contributed by atoms with Gasteiger partial charge in [-0.3, -0.25) is 0 Å². The van der Waals surface area contributed by atoms with Crippen LogP contribution in [0.15, 0.2) is 0 Å². The highest BCUT2D eigenvalue weighted by Crippen LogP contribution is 2.36. The lowest BCUT2D eigenvalue weighted by Gasteiger charge is -1.97. The lowest BCUT2D eigenvalue weighted by molar-refractivity contribution is 0.384. The fourth-order valence-corrected chi connectivity index (χ4v) is 0.753. The van der Waals surface area contributed by atoms with E-state index in [-0.39, 0.29) is 0 Å². The molecule has 46 valence electrons. The van der Waals surface area contributed by atoms with Crippen LogP contribution >= 0.6 is 18.7 Å². The molecule has 0 aromatic heterocycles. The van der Waals surface area contributed by atoms with Crippen LogP contribution in [0.1, 0.15) is 0 Å². The van der Waals surface area contributed by atoms with Crippen LogP contribution in [0.4, 0.5) is 0 Å². The van der Waals surface area contributed by atoms with Gasteiger partial charge in [-0.2, -0.15) is 0 Å². The second-order valence-corrected chi connectivity index (χ2v) is 3.66. The third-order valence-electron chi connectivity index (χ3n) is 0.472. The zero-order valence-corrected chi connectivity index (χ0v) is 6.25. The van der Waals surface area contributed by atoms with Gasteiger partial charge >= 0.3 is 0 Å². The predicted octanol–water partition coefficient (Wildman–Crippen LogP) is 2.10. The Kier molecular flexibility index (Phi) is 5.42. The van der Waals surface area contributed by atoms with Gasteiger partial charge in [-0.05, 0) is 6.66 Å². The van der Waals surface area contributed by atoms with Gasteiger partial charge in [-0.1, -0.05) is 11.2 Å². The zero-order valence-electron chi connectivity index (χ0n) is 4.59. The van der Waals surface area contributed by atoms with E-state index in [0.717, 1.165) is 0 Å². The topological polar surface area (TPSA) is 13.6 Å². The highest BCUT2D eigenvalue weighted by atomic mass is 35.7. The molecule has 0 rings (SSSR count). The molecule has 0 heterocycles. The van der Waals surface area contributed by atoms with Crippen molar-refractivity contribution < 1.29 is 4.52 Å². The first-order chi connectivity index (χ1) is 3.77. The molecule has 0 saturated heterocycles. The summed E-state index contributed by atoms with van der Waals surface area (Å²) in [6.45, 7) is 9.03. The van der Waals surface area contributed by atoms with Gasteiger partial charge in [0.15, 0.2) is 0 Å². The molecule has 8 heavy (non-hydrogen) atoms. The minimum Gasteiger partial charge on any atom is -0.336 e. The predicted molar refractivity (Wildman–Crippen MR) is 36.1 cm³/mol. The minimum absolute atomic E-state index is 0.416. The van der Waals surface area contributed by atoms with Crippen molar-refractivity contribution in [2.45, 2.75) is 0 Å². The quantitative estimate of drug-likeness (QED) is 0.342. The van der Waals surface area contributed by atoms with Crippen LogP contribution in [-0.4, -0.2) is 19.8 Å². The van der Waals surface area contributed by atoms with E-state index in [1.807, 2.05) is 0 Å². The first kappa shape index (κ1) is 8.17. The van der Waals surface area contributed by atoms with E-state index in [4.69, 9.17) is 22.3 Å². The Morgan fingerprint density at radius 3 is 2.88 bits per heavy atom. The Bertz CT molecular complexity index is 90.5. The Morgan fingerprint density at radius 2 is 2.50 bits per heavy atom. The summed E-state index contributed by atoms with van der Waals surface area (Å²) in [5, 5.41) is 0. The fraction of sp³-hybridized carbons (Fsp3) is 0.750. The normalized spacial score (nSPS) is 12.6. The second-order valence-electron chi connectivity index (χ2n) is 1.14. The minimum atomic E-state index is -0.783. The largest absolute Gasteiger partial charge is 0.336 e. The molecule has 0 fully saturated rings. The second kappa shape index (κ2) is 5.31. The Balaban J connectivity index is 2.85. The molecule has 2 nitrogen and oxygen atoms in total. The smallest absolute Gasteiger partial charge is 0.238 e. The Labute approximate surface area is 55.2 Å². The molecule has 0 N–H and O–H groups in total. The lowest BCUT2D eigenvalue weighted by atomic mass is 10.7. The Morgan fingerprint density at radius 1 is 1.88 bits per heavy atom. The van der Waals surface area contributed by atoms with Crippen LogP contribution in [0.2, 0.25) is 0 Å². The zero-order chi connectivity index (χ0) is 6.41. The van der Waals surface area contributed by atoms with Crippen LogP contribution in [-0.2, 0) is 4.52 Å². The summed E-state index contributed by atoms with van der Waals surface area (Å²) in [6.07, 6.45) is 0. The third-order valence-corrected chi connectivity index (χ3v) is 1.30. The molecule has 0 aliphatic rings. The van der Waals surface area contributed by atoms with Crippen molar-refractivity contribution >= 4 is 18.7 Å². The highest BCUT2D eigenvalue weighted by Gasteiger charge is 1.94. The number of halogens is 1. The van der Waals surface area contributed by atoms with Crippen LogP contribution in [0.25, 0.3) is 4.85 Å². The average Bonchev–Trinajstić information content (AvgIpc) is 1.66. The van der Waals surface area contributed by atoms with Gasteiger partial charge < -0.3 is 9.37 Å². The van der Waals surface area contributed by atoms with Crippen molar-refractivity contribution in [2.24, 2.45) is 0 Å². The molecule has 0 radical (unpaired) electrons. The van der Waals surface area contributed by atoms with Gasteiger partial charge in [-0.25, -0.2) is 6.57 Å². The van der Waals surface area contributed by atoms with Gasteiger partial charge in [0.05, 0.1) is 0 Å². The summed E-state index contributed by atoms with van der Waals surface area (Å²) in [6, 6.07) is 0. The number of hydrogen-bond donors (Lipinski definition) is 0. The van der Waals surface area contributed by atoms with Gasteiger partial charge in [-0.15, -0.1) is 0 Å². The summed E-state index contributed by atoms with van der Waals surface area (Å²) < 4.78 is 4.90. The molecule has 0 amide bonds. The van der Waals surface area contributed by atoms with Gasteiger partial charge in [0.25, 0.3) is 0 Å². The van der Waals surface area contributed by atoms with E-state index < -0.39 is 7.50 Å². The summed E-state index contributed by atoms with van der Waals surface area (Å²) in [4.78, 5) is 3.08. The van der Waals surface area contributed by atoms with Crippen LogP contribution < -0.4 is 0 Å². The molecule has 0 spiro atoms. The first-order valence-electron chi connectivity index (χ1n) is 2.13.